The van der Waals surface area contributed by atoms with Crippen molar-refractivity contribution >= 4 is 0 Å². The first-order valence-corrected chi connectivity index (χ1v) is 9.76. The maximum atomic E-state index is 13.8. The molecule has 0 heterocycles. The van der Waals surface area contributed by atoms with Gasteiger partial charge in [0.1, 0.15) is 11.5 Å². The first-order chi connectivity index (χ1) is 12.5. The Morgan fingerprint density at radius 1 is 0.962 bits per heavy atom. The molecule has 5 atom stereocenters. The fourth-order valence-electron chi connectivity index (χ4n) is 5.48. The predicted molar refractivity (Wildman–Crippen MR) is 101 cm³/mol. The average Bonchev–Trinajstić information content (AvgIpc) is 2.58. The third-order valence-corrected chi connectivity index (χ3v) is 6.31. The lowest BCUT2D eigenvalue weighted by atomic mass is 9.59. The second-order valence-electron chi connectivity index (χ2n) is 8.46. The smallest absolute Gasteiger partial charge is 0.169 e. The van der Waals surface area contributed by atoms with Crippen LogP contribution in [0.25, 0.3) is 0 Å². The molecule has 2 nitrogen and oxygen atoms in total. The largest absolute Gasteiger partial charge is 0.508 e. The molecule has 0 aliphatic heterocycles. The van der Waals surface area contributed by atoms with Crippen LogP contribution in [0.15, 0.2) is 42.5 Å². The van der Waals surface area contributed by atoms with Gasteiger partial charge in [-0.3, -0.25) is 0 Å². The summed E-state index contributed by atoms with van der Waals surface area (Å²) in [5, 5.41) is 9.30. The lowest BCUT2D eigenvalue weighted by Gasteiger charge is -2.46. The maximum absolute atomic E-state index is 13.8. The zero-order valence-electron chi connectivity index (χ0n) is 15.5. The fourth-order valence-corrected chi connectivity index (χ4v) is 5.48. The molecule has 5 unspecified atom stereocenters. The van der Waals surface area contributed by atoms with Gasteiger partial charge >= 0.3 is 0 Å². The van der Waals surface area contributed by atoms with Gasteiger partial charge in [-0.2, -0.15) is 0 Å². The van der Waals surface area contributed by atoms with Crippen molar-refractivity contribution in [3.05, 3.63) is 53.8 Å². The van der Waals surface area contributed by atoms with E-state index >= 15 is 0 Å². The van der Waals surface area contributed by atoms with Gasteiger partial charge in [0, 0.05) is 6.07 Å². The Hall–Kier alpha value is -2.03. The zero-order valence-corrected chi connectivity index (χ0v) is 15.5. The van der Waals surface area contributed by atoms with E-state index in [0.29, 0.717) is 17.6 Å². The molecule has 0 saturated heterocycles. The quantitative estimate of drug-likeness (QED) is 0.682. The number of phenolic OH excluding ortho intramolecular Hbond substituents is 1. The molecule has 0 radical (unpaired) electrons. The minimum absolute atomic E-state index is 0.100. The minimum atomic E-state index is -0.558. The van der Waals surface area contributed by atoms with Crippen molar-refractivity contribution < 1.29 is 14.2 Å². The van der Waals surface area contributed by atoms with Crippen molar-refractivity contribution in [1.29, 1.82) is 0 Å². The summed E-state index contributed by atoms with van der Waals surface area (Å²) in [5.41, 5.74) is 1.38. The highest BCUT2D eigenvalue weighted by molar-refractivity contribution is 5.38. The fraction of sp³-hybridized carbons (Fsp3) is 0.478. The number of benzene rings is 2. The van der Waals surface area contributed by atoms with E-state index < -0.39 is 5.82 Å². The number of rotatable bonds is 3. The monoisotopic (exact) mass is 354 g/mol. The van der Waals surface area contributed by atoms with Crippen molar-refractivity contribution in [2.45, 2.75) is 45.4 Å². The van der Waals surface area contributed by atoms with Gasteiger partial charge in [-0.1, -0.05) is 26.0 Å². The van der Waals surface area contributed by atoms with Gasteiger partial charge in [0.25, 0.3) is 0 Å². The summed E-state index contributed by atoms with van der Waals surface area (Å²) < 4.78 is 19.5. The van der Waals surface area contributed by atoms with Crippen LogP contribution in [0.2, 0.25) is 0 Å². The normalized spacial score (nSPS) is 30.8. The molecule has 138 valence electrons. The van der Waals surface area contributed by atoms with Crippen LogP contribution in [0.4, 0.5) is 4.39 Å². The summed E-state index contributed by atoms with van der Waals surface area (Å²) in [7, 11) is 0. The van der Waals surface area contributed by atoms with Crippen molar-refractivity contribution in [2.75, 3.05) is 0 Å². The number of ether oxygens (including phenoxy) is 1. The molecular weight excluding hydrogens is 327 g/mol. The highest BCUT2D eigenvalue weighted by Gasteiger charge is 2.40. The van der Waals surface area contributed by atoms with E-state index in [1.165, 1.54) is 43.4 Å². The van der Waals surface area contributed by atoms with Gasteiger partial charge in [0.15, 0.2) is 11.6 Å². The Labute approximate surface area is 155 Å². The molecule has 2 saturated carbocycles. The van der Waals surface area contributed by atoms with E-state index in [2.05, 4.69) is 26.0 Å². The summed E-state index contributed by atoms with van der Waals surface area (Å²) in [6.07, 6.45) is 5.44. The third kappa shape index (κ3) is 3.44. The predicted octanol–water partition coefficient (Wildman–Crippen LogP) is 6.50. The summed E-state index contributed by atoms with van der Waals surface area (Å²) in [6, 6.07) is 12.1. The van der Waals surface area contributed by atoms with Gasteiger partial charge in [-0.05, 0) is 85.1 Å². The van der Waals surface area contributed by atoms with Gasteiger partial charge in [0.05, 0.1) is 0 Å². The lowest BCUT2D eigenvalue weighted by Crippen LogP contribution is -2.35. The lowest BCUT2D eigenvalue weighted by molar-refractivity contribution is 0.0854. The Kier molecular flexibility index (Phi) is 4.64. The molecule has 0 spiro atoms. The molecule has 26 heavy (non-hydrogen) atoms. The summed E-state index contributed by atoms with van der Waals surface area (Å²) in [5.74, 6) is 3.97. The van der Waals surface area contributed by atoms with E-state index in [-0.39, 0.29) is 11.5 Å². The standard InChI is InChI=1S/C23H27FO2/c1-14-9-16-11-15(2)23(18(10-14)12-16)17-3-6-20(7-4-17)26-22-8-5-19(25)13-21(22)24/h3-8,13-16,18,23,25H,9-12H2,1-2H3. The third-order valence-electron chi connectivity index (χ3n) is 6.31. The maximum Gasteiger partial charge on any atom is 0.169 e. The van der Waals surface area contributed by atoms with E-state index in [4.69, 9.17) is 4.74 Å². The van der Waals surface area contributed by atoms with Crippen LogP contribution in [0.1, 0.15) is 51.0 Å². The number of hydrogen-bond donors (Lipinski definition) is 1. The molecule has 2 aliphatic rings. The molecule has 4 rings (SSSR count). The van der Waals surface area contributed by atoms with Crippen LogP contribution in [-0.2, 0) is 0 Å². The van der Waals surface area contributed by atoms with Crippen molar-refractivity contribution in [3.63, 3.8) is 0 Å². The number of hydrogen-bond acceptors (Lipinski definition) is 2. The molecule has 2 fully saturated rings. The second-order valence-corrected chi connectivity index (χ2v) is 8.46. The van der Waals surface area contributed by atoms with Gasteiger partial charge in [-0.15, -0.1) is 0 Å². The van der Waals surface area contributed by atoms with Crippen LogP contribution in [-0.4, -0.2) is 5.11 Å². The Bertz CT molecular complexity index is 766. The molecule has 2 aliphatic carbocycles. The van der Waals surface area contributed by atoms with Crippen LogP contribution >= 0.6 is 0 Å². The minimum Gasteiger partial charge on any atom is -0.508 e. The Morgan fingerprint density at radius 2 is 1.73 bits per heavy atom. The van der Waals surface area contributed by atoms with E-state index in [1.807, 2.05) is 12.1 Å². The first-order valence-electron chi connectivity index (χ1n) is 9.76. The zero-order chi connectivity index (χ0) is 18.3. The molecule has 0 amide bonds. The summed E-state index contributed by atoms with van der Waals surface area (Å²) in [6.45, 7) is 4.80. The van der Waals surface area contributed by atoms with Crippen LogP contribution in [0.5, 0.6) is 17.2 Å². The number of phenols is 1. The van der Waals surface area contributed by atoms with Crippen LogP contribution in [0.3, 0.4) is 0 Å². The molecule has 1 N–H and O–H groups in total. The number of fused-ring (bicyclic) bond motifs is 2. The summed E-state index contributed by atoms with van der Waals surface area (Å²) >= 11 is 0. The topological polar surface area (TPSA) is 29.5 Å². The summed E-state index contributed by atoms with van der Waals surface area (Å²) in [4.78, 5) is 0. The highest BCUT2D eigenvalue weighted by atomic mass is 19.1. The Morgan fingerprint density at radius 3 is 2.46 bits per heavy atom. The van der Waals surface area contributed by atoms with E-state index in [0.717, 1.165) is 23.8 Å². The SMILES string of the molecule is CC1CC2CC(C)C(c3ccc(Oc4ccc(O)cc4F)cc3)C(C1)C2. The molecule has 3 heteroatoms. The first kappa shape index (κ1) is 17.4. The molecule has 2 bridgehead atoms. The van der Waals surface area contributed by atoms with Gasteiger partial charge < -0.3 is 9.84 Å². The highest BCUT2D eigenvalue weighted by Crippen LogP contribution is 2.52. The van der Waals surface area contributed by atoms with E-state index in [1.54, 1.807) is 0 Å². The van der Waals surface area contributed by atoms with Gasteiger partial charge in [-0.25, -0.2) is 4.39 Å². The van der Waals surface area contributed by atoms with Crippen molar-refractivity contribution in [3.8, 4) is 17.2 Å². The van der Waals surface area contributed by atoms with Crippen LogP contribution < -0.4 is 4.74 Å². The molecule has 2 aromatic rings. The van der Waals surface area contributed by atoms with Crippen molar-refractivity contribution in [2.24, 2.45) is 23.7 Å². The van der Waals surface area contributed by atoms with E-state index in [9.17, 15) is 9.50 Å². The van der Waals surface area contributed by atoms with Crippen LogP contribution in [0, 0.1) is 29.5 Å². The Balaban J connectivity index is 1.52. The molecule has 2 aromatic carbocycles. The molecular formula is C23H27FO2. The van der Waals surface area contributed by atoms with Gasteiger partial charge in [0.2, 0.25) is 0 Å². The second kappa shape index (κ2) is 6.94. The average molecular weight is 354 g/mol. The number of halogens is 1. The number of aromatic hydroxyl groups is 1. The van der Waals surface area contributed by atoms with Crippen molar-refractivity contribution in [1.82, 2.24) is 0 Å². The molecule has 0 aromatic heterocycles.